The molecule has 6 saturated carbocycles. The number of carbonyl (C=O) groups is 2. The highest BCUT2D eigenvalue weighted by molar-refractivity contribution is 5.79. The molecule has 6 aliphatic carbocycles. The Morgan fingerprint density at radius 2 is 1.71 bits per heavy atom. The van der Waals surface area contributed by atoms with Gasteiger partial charge in [-0.1, -0.05) is 12.8 Å². The van der Waals surface area contributed by atoms with Crippen molar-refractivity contribution in [3.63, 3.8) is 0 Å². The number of carbonyl (C=O) groups excluding carboxylic acids is 1. The molecular formula is C30H45NO4. The third-order valence-electron chi connectivity index (χ3n) is 13.0. The Kier molecular flexibility index (Phi) is 5.23. The summed E-state index contributed by atoms with van der Waals surface area (Å²) < 4.78 is 5.44. The number of carboxylic acids is 1. The molecule has 1 amide bonds. The molecule has 1 N–H and O–H groups in total. The van der Waals surface area contributed by atoms with Gasteiger partial charge in [0.25, 0.3) is 0 Å². The highest BCUT2D eigenvalue weighted by Crippen LogP contribution is 2.77. The zero-order valence-corrected chi connectivity index (χ0v) is 21.7. The minimum atomic E-state index is -0.476. The highest BCUT2D eigenvalue weighted by atomic mass is 16.5. The summed E-state index contributed by atoms with van der Waals surface area (Å²) in [5.74, 6) is 3.44. The summed E-state index contributed by atoms with van der Waals surface area (Å²) in [6.45, 7) is 1.59. The van der Waals surface area contributed by atoms with Gasteiger partial charge in [0.1, 0.15) is 0 Å². The maximum atomic E-state index is 13.8. The molecule has 1 heterocycles. The molecule has 7 fully saturated rings. The van der Waals surface area contributed by atoms with Crippen molar-refractivity contribution in [1.82, 2.24) is 4.90 Å². The van der Waals surface area contributed by atoms with E-state index in [1.54, 1.807) is 7.11 Å². The minimum Gasteiger partial charge on any atom is -0.481 e. The normalized spacial score (nSPS) is 52.0. The predicted molar refractivity (Wildman–Crippen MR) is 133 cm³/mol. The summed E-state index contributed by atoms with van der Waals surface area (Å²) >= 11 is 0. The number of fused-ring (bicyclic) bond motifs is 5. The first-order valence-electron chi connectivity index (χ1n) is 14.9. The van der Waals surface area contributed by atoms with Crippen molar-refractivity contribution in [2.45, 2.75) is 102 Å². The lowest BCUT2D eigenvalue weighted by molar-refractivity contribution is -0.152. The average molecular weight is 484 g/mol. The van der Waals surface area contributed by atoms with Gasteiger partial charge in [0.2, 0.25) is 5.91 Å². The van der Waals surface area contributed by atoms with Gasteiger partial charge in [-0.3, -0.25) is 9.59 Å². The van der Waals surface area contributed by atoms with Crippen LogP contribution in [0.25, 0.3) is 0 Å². The topological polar surface area (TPSA) is 66.8 Å². The summed E-state index contributed by atoms with van der Waals surface area (Å²) in [5.41, 5.74) is 0.187. The van der Waals surface area contributed by atoms with Crippen LogP contribution >= 0.6 is 0 Å². The van der Waals surface area contributed by atoms with E-state index in [-0.39, 0.29) is 17.4 Å². The Bertz CT molecular complexity index is 901. The van der Waals surface area contributed by atoms with Crippen LogP contribution < -0.4 is 0 Å². The number of amides is 1. The Hall–Kier alpha value is -1.10. The Morgan fingerprint density at radius 1 is 0.914 bits per heavy atom. The van der Waals surface area contributed by atoms with Crippen LogP contribution in [0.5, 0.6) is 0 Å². The average Bonchev–Trinajstić information content (AvgIpc) is 3.39. The summed E-state index contributed by atoms with van der Waals surface area (Å²) in [4.78, 5) is 28.7. The van der Waals surface area contributed by atoms with E-state index in [1.165, 1.54) is 51.4 Å². The van der Waals surface area contributed by atoms with Crippen LogP contribution in [0.1, 0.15) is 96.3 Å². The van der Waals surface area contributed by atoms with Gasteiger partial charge < -0.3 is 14.7 Å². The van der Waals surface area contributed by atoms with Crippen LogP contribution in [-0.2, 0) is 14.3 Å². The molecule has 0 spiro atoms. The van der Waals surface area contributed by atoms with E-state index in [4.69, 9.17) is 4.74 Å². The number of hydrogen-bond acceptors (Lipinski definition) is 3. The van der Waals surface area contributed by atoms with Crippen LogP contribution in [-0.4, -0.2) is 48.2 Å². The van der Waals surface area contributed by atoms with E-state index in [2.05, 4.69) is 4.90 Å². The molecular weight excluding hydrogens is 438 g/mol. The standard InChI is InChI=1S/C30H45NO4/c1-35-17-25-5-3-7-31(25)26(32)21-8-20-9-22-14-28(13-20,15-23(22)11-21)29-12-19-4-2-6-30(18-29,27(33)34)24(10-19)16-29/h19-25H,2-18H2,1H3,(H,33,34). The number of rotatable bonds is 5. The molecule has 5 heteroatoms. The highest BCUT2D eigenvalue weighted by Gasteiger charge is 2.71. The predicted octanol–water partition coefficient (Wildman–Crippen LogP) is 5.52. The molecule has 6 bridgehead atoms. The van der Waals surface area contributed by atoms with Crippen molar-refractivity contribution in [2.24, 2.45) is 51.8 Å². The number of ether oxygens (including phenoxy) is 1. The molecule has 1 aliphatic heterocycles. The number of nitrogens with zero attached hydrogens (tertiary/aromatic N) is 1. The smallest absolute Gasteiger partial charge is 0.309 e. The zero-order chi connectivity index (χ0) is 24.0. The van der Waals surface area contributed by atoms with Crippen molar-refractivity contribution in [1.29, 1.82) is 0 Å². The lowest BCUT2D eigenvalue weighted by atomic mass is 9.50. The van der Waals surface area contributed by atoms with Gasteiger partial charge in [-0.05, 0) is 124 Å². The van der Waals surface area contributed by atoms with Gasteiger partial charge in [-0.2, -0.15) is 0 Å². The van der Waals surface area contributed by atoms with E-state index in [9.17, 15) is 14.7 Å². The first kappa shape index (κ1) is 23.0. The largest absolute Gasteiger partial charge is 0.481 e. The van der Waals surface area contributed by atoms with Gasteiger partial charge in [0.15, 0.2) is 0 Å². The fourth-order valence-electron chi connectivity index (χ4n) is 12.0. The molecule has 7 aliphatic rings. The van der Waals surface area contributed by atoms with Crippen LogP contribution in [0, 0.1) is 51.8 Å². The molecule has 5 nitrogen and oxygen atoms in total. The third kappa shape index (κ3) is 3.21. The molecule has 1 saturated heterocycles. The number of hydrogen-bond donors (Lipinski definition) is 1. The summed E-state index contributed by atoms with van der Waals surface area (Å²) in [6, 6.07) is 0.277. The number of likely N-dealkylation sites (tertiary alicyclic amines) is 1. The van der Waals surface area contributed by atoms with Crippen molar-refractivity contribution in [3.05, 3.63) is 0 Å². The quantitative estimate of drug-likeness (QED) is 0.559. The maximum absolute atomic E-state index is 13.8. The Balaban J connectivity index is 1.16. The molecule has 35 heavy (non-hydrogen) atoms. The van der Waals surface area contributed by atoms with Crippen LogP contribution in [0.2, 0.25) is 0 Å². The van der Waals surface area contributed by atoms with Gasteiger partial charge >= 0.3 is 5.97 Å². The molecule has 7 rings (SSSR count). The fraction of sp³-hybridized carbons (Fsp3) is 0.933. The first-order valence-corrected chi connectivity index (χ1v) is 14.9. The van der Waals surface area contributed by atoms with Crippen LogP contribution in [0.15, 0.2) is 0 Å². The Labute approximate surface area is 210 Å². The molecule has 10 unspecified atom stereocenters. The number of carboxylic acid groups (broad SMARTS) is 1. The SMILES string of the molecule is COCC1CCCN1C(=O)C1CC2CC3CC(C45CC6CCCC(C(=O)O)(C4)C(C6)C5)(C2)CC3C1. The van der Waals surface area contributed by atoms with E-state index >= 15 is 0 Å². The van der Waals surface area contributed by atoms with Crippen molar-refractivity contribution in [2.75, 3.05) is 20.3 Å². The van der Waals surface area contributed by atoms with Crippen molar-refractivity contribution < 1.29 is 19.4 Å². The lowest BCUT2D eigenvalue weighted by Crippen LogP contribution is -2.47. The molecule has 0 aromatic rings. The monoisotopic (exact) mass is 483 g/mol. The second-order valence-electron chi connectivity index (χ2n) is 14.5. The zero-order valence-electron chi connectivity index (χ0n) is 21.7. The second-order valence-corrected chi connectivity index (χ2v) is 14.5. The fourth-order valence-corrected chi connectivity index (χ4v) is 12.0. The number of aliphatic carboxylic acids is 1. The van der Waals surface area contributed by atoms with Gasteiger partial charge in [-0.15, -0.1) is 0 Å². The molecule has 0 radical (unpaired) electrons. The molecule has 0 aromatic heterocycles. The third-order valence-corrected chi connectivity index (χ3v) is 13.0. The van der Waals surface area contributed by atoms with Gasteiger partial charge in [0, 0.05) is 19.6 Å². The summed E-state index contributed by atoms with van der Waals surface area (Å²) in [7, 11) is 1.75. The minimum absolute atomic E-state index is 0.202. The van der Waals surface area contributed by atoms with E-state index in [0.717, 1.165) is 63.3 Å². The lowest BCUT2D eigenvalue weighted by Gasteiger charge is -2.55. The van der Waals surface area contributed by atoms with Gasteiger partial charge in [-0.25, -0.2) is 0 Å². The van der Waals surface area contributed by atoms with Crippen LogP contribution in [0.4, 0.5) is 0 Å². The van der Waals surface area contributed by atoms with E-state index in [0.29, 0.717) is 35.7 Å². The molecule has 0 aromatic carbocycles. The maximum Gasteiger partial charge on any atom is 0.309 e. The molecule has 10 atom stereocenters. The first-order chi connectivity index (χ1) is 16.9. The van der Waals surface area contributed by atoms with E-state index in [1.807, 2.05) is 0 Å². The second kappa shape index (κ2) is 7.95. The van der Waals surface area contributed by atoms with Crippen molar-refractivity contribution >= 4 is 11.9 Å². The van der Waals surface area contributed by atoms with Crippen molar-refractivity contribution in [3.8, 4) is 0 Å². The number of methoxy groups -OCH3 is 1. The van der Waals surface area contributed by atoms with Crippen LogP contribution in [0.3, 0.4) is 0 Å². The summed E-state index contributed by atoms with van der Waals surface area (Å²) in [5, 5.41) is 10.5. The van der Waals surface area contributed by atoms with Gasteiger partial charge in [0.05, 0.1) is 18.1 Å². The molecule has 194 valence electrons. The summed E-state index contributed by atoms with van der Waals surface area (Å²) in [6.07, 6.45) is 17.5. The van der Waals surface area contributed by atoms with E-state index < -0.39 is 11.4 Å². The Morgan fingerprint density at radius 3 is 2.51 bits per heavy atom.